The van der Waals surface area contributed by atoms with Crippen LogP contribution in [0.1, 0.15) is 26.5 Å². The highest BCUT2D eigenvalue weighted by molar-refractivity contribution is 7.20. The summed E-state index contributed by atoms with van der Waals surface area (Å²) in [5, 5.41) is 8.76. The molecule has 3 aromatic heterocycles. The van der Waals surface area contributed by atoms with E-state index in [0.29, 0.717) is 10.3 Å². The van der Waals surface area contributed by atoms with Gasteiger partial charge < -0.3 is 5.32 Å². The number of aromatic nitrogens is 5. The van der Waals surface area contributed by atoms with Crippen LogP contribution in [0.5, 0.6) is 0 Å². The lowest BCUT2D eigenvalue weighted by atomic mass is 9.96. The summed E-state index contributed by atoms with van der Waals surface area (Å²) in [6.07, 6.45) is 0. The third-order valence-electron chi connectivity index (χ3n) is 3.23. The van der Waals surface area contributed by atoms with E-state index in [-0.39, 0.29) is 22.4 Å². The van der Waals surface area contributed by atoms with Gasteiger partial charge in [-0.1, -0.05) is 32.1 Å². The van der Waals surface area contributed by atoms with Gasteiger partial charge in [-0.15, -0.1) is 11.3 Å². The SMILES string of the molecule is Cc1nc(NC(=O)C(C)(C)C)sc1-c1csc(Nc2nc(Cl)nc(Cl)n2)n1. The van der Waals surface area contributed by atoms with Crippen LogP contribution in [0.3, 0.4) is 0 Å². The lowest BCUT2D eigenvalue weighted by molar-refractivity contribution is -0.123. The lowest BCUT2D eigenvalue weighted by Crippen LogP contribution is -2.27. The number of halogens is 2. The molecule has 0 aliphatic carbocycles. The third-order valence-corrected chi connectivity index (χ3v) is 5.43. The van der Waals surface area contributed by atoms with Gasteiger partial charge in [0, 0.05) is 10.8 Å². The van der Waals surface area contributed by atoms with Gasteiger partial charge in [-0.2, -0.15) is 15.0 Å². The number of carbonyl (C=O) groups is 1. The maximum Gasteiger partial charge on any atom is 0.234 e. The second-order valence-electron chi connectivity index (χ2n) is 6.50. The van der Waals surface area contributed by atoms with E-state index in [1.54, 1.807) is 0 Å². The molecular formula is C15H15Cl2N7OS2. The minimum absolute atomic E-state index is 0.00758. The van der Waals surface area contributed by atoms with Crippen molar-refractivity contribution >= 4 is 68.0 Å². The van der Waals surface area contributed by atoms with E-state index < -0.39 is 5.41 Å². The summed E-state index contributed by atoms with van der Waals surface area (Å²) >= 11 is 14.3. The minimum atomic E-state index is -0.495. The highest BCUT2D eigenvalue weighted by Gasteiger charge is 2.23. The van der Waals surface area contributed by atoms with E-state index in [2.05, 4.69) is 35.6 Å². The molecule has 0 bridgehead atoms. The molecular weight excluding hydrogens is 429 g/mol. The van der Waals surface area contributed by atoms with Crippen molar-refractivity contribution in [2.24, 2.45) is 5.41 Å². The highest BCUT2D eigenvalue weighted by atomic mass is 35.5. The van der Waals surface area contributed by atoms with Gasteiger partial charge in [-0.05, 0) is 30.1 Å². The van der Waals surface area contributed by atoms with E-state index in [0.717, 1.165) is 16.3 Å². The zero-order valence-corrected chi connectivity index (χ0v) is 17.9. The Hall–Kier alpha value is -1.88. The molecule has 0 fully saturated rings. The number of hydrogen-bond acceptors (Lipinski definition) is 9. The highest BCUT2D eigenvalue weighted by Crippen LogP contribution is 2.35. The van der Waals surface area contributed by atoms with Crippen molar-refractivity contribution in [2.75, 3.05) is 10.6 Å². The summed E-state index contributed by atoms with van der Waals surface area (Å²) in [4.78, 5) is 33.5. The molecule has 0 aliphatic heterocycles. The van der Waals surface area contributed by atoms with Crippen molar-refractivity contribution in [2.45, 2.75) is 27.7 Å². The van der Waals surface area contributed by atoms with E-state index in [1.165, 1.54) is 22.7 Å². The lowest BCUT2D eigenvalue weighted by Gasteiger charge is -2.15. The smallest absolute Gasteiger partial charge is 0.234 e. The van der Waals surface area contributed by atoms with Crippen molar-refractivity contribution in [3.05, 3.63) is 21.6 Å². The monoisotopic (exact) mass is 443 g/mol. The van der Waals surface area contributed by atoms with Crippen LogP contribution in [0.15, 0.2) is 5.38 Å². The second-order valence-corrected chi connectivity index (χ2v) is 9.03. The summed E-state index contributed by atoms with van der Waals surface area (Å²) in [5.41, 5.74) is 1.03. The van der Waals surface area contributed by atoms with E-state index >= 15 is 0 Å². The van der Waals surface area contributed by atoms with Crippen molar-refractivity contribution in [1.82, 2.24) is 24.9 Å². The average Bonchev–Trinajstić information content (AvgIpc) is 3.11. The zero-order chi connectivity index (χ0) is 19.8. The number of rotatable bonds is 4. The predicted octanol–water partition coefficient (Wildman–Crippen LogP) is 4.80. The molecule has 8 nitrogen and oxygen atoms in total. The Kier molecular flexibility index (Phi) is 5.61. The average molecular weight is 444 g/mol. The number of carbonyl (C=O) groups excluding carboxylic acids is 1. The molecule has 0 aliphatic rings. The topological polar surface area (TPSA) is 106 Å². The van der Waals surface area contributed by atoms with Crippen LogP contribution in [0.2, 0.25) is 10.6 Å². The maximum atomic E-state index is 12.1. The van der Waals surface area contributed by atoms with Crippen LogP contribution < -0.4 is 10.6 Å². The third kappa shape index (κ3) is 4.89. The van der Waals surface area contributed by atoms with Crippen molar-refractivity contribution in [3.8, 4) is 10.6 Å². The summed E-state index contributed by atoms with van der Waals surface area (Å²) in [5.74, 6) is 0.118. The van der Waals surface area contributed by atoms with E-state index in [1.807, 2.05) is 33.1 Å². The Bertz CT molecular complexity index is 976. The summed E-state index contributed by atoms with van der Waals surface area (Å²) < 4.78 is 0. The summed E-state index contributed by atoms with van der Waals surface area (Å²) in [7, 11) is 0. The maximum absolute atomic E-state index is 12.1. The van der Waals surface area contributed by atoms with Gasteiger partial charge in [-0.25, -0.2) is 9.97 Å². The van der Waals surface area contributed by atoms with Crippen LogP contribution in [-0.4, -0.2) is 30.8 Å². The first-order chi connectivity index (χ1) is 12.6. The van der Waals surface area contributed by atoms with Gasteiger partial charge in [0.2, 0.25) is 22.4 Å². The number of anilines is 3. The largest absolute Gasteiger partial charge is 0.301 e. The van der Waals surface area contributed by atoms with Crippen LogP contribution in [0.25, 0.3) is 10.6 Å². The van der Waals surface area contributed by atoms with Crippen LogP contribution in [0, 0.1) is 12.3 Å². The summed E-state index contributed by atoms with van der Waals surface area (Å²) in [6, 6.07) is 0. The molecule has 142 valence electrons. The molecule has 27 heavy (non-hydrogen) atoms. The quantitative estimate of drug-likeness (QED) is 0.596. The molecule has 0 saturated heterocycles. The fraction of sp³-hybridized carbons (Fsp3) is 0.333. The number of nitrogens with zero attached hydrogens (tertiary/aromatic N) is 5. The number of amides is 1. The number of aryl methyl sites for hydroxylation is 1. The fourth-order valence-corrected chi connectivity index (χ4v) is 3.94. The van der Waals surface area contributed by atoms with Gasteiger partial charge in [0.1, 0.15) is 0 Å². The van der Waals surface area contributed by atoms with Crippen LogP contribution in [-0.2, 0) is 4.79 Å². The Labute approximate surface area is 173 Å². The number of nitrogens with one attached hydrogen (secondary N) is 2. The summed E-state index contributed by atoms with van der Waals surface area (Å²) in [6.45, 7) is 7.42. The number of thiazole rings is 2. The fourth-order valence-electron chi connectivity index (χ4n) is 1.89. The molecule has 0 aromatic carbocycles. The number of hydrogen-bond donors (Lipinski definition) is 2. The van der Waals surface area contributed by atoms with Crippen molar-refractivity contribution in [3.63, 3.8) is 0 Å². The van der Waals surface area contributed by atoms with E-state index in [9.17, 15) is 4.79 Å². The van der Waals surface area contributed by atoms with Gasteiger partial charge in [0.05, 0.1) is 16.3 Å². The van der Waals surface area contributed by atoms with Gasteiger partial charge in [-0.3, -0.25) is 10.1 Å². The Morgan fingerprint density at radius 2 is 1.70 bits per heavy atom. The first kappa shape index (κ1) is 19.9. The van der Waals surface area contributed by atoms with Crippen LogP contribution >= 0.6 is 45.9 Å². The molecule has 0 radical (unpaired) electrons. The Balaban J connectivity index is 1.79. The van der Waals surface area contributed by atoms with Crippen LogP contribution in [0.4, 0.5) is 16.2 Å². The van der Waals surface area contributed by atoms with Crippen molar-refractivity contribution < 1.29 is 4.79 Å². The normalized spacial score (nSPS) is 11.5. The molecule has 1 amide bonds. The predicted molar refractivity (Wildman–Crippen MR) is 109 cm³/mol. The molecule has 3 aromatic rings. The Morgan fingerprint density at radius 3 is 2.33 bits per heavy atom. The standard InChI is InChI=1S/C15H15Cl2N7OS2/c1-6-8(27-14(18-6)20-9(25)15(2,3)4)7-5-26-13(19-7)24-12-22-10(16)21-11(17)23-12/h5H,1-4H3,(H,18,20,25)(H,19,21,22,23,24). The van der Waals surface area contributed by atoms with E-state index in [4.69, 9.17) is 23.2 Å². The van der Waals surface area contributed by atoms with Crippen molar-refractivity contribution in [1.29, 1.82) is 0 Å². The molecule has 3 heterocycles. The second kappa shape index (κ2) is 7.63. The van der Waals surface area contributed by atoms with Gasteiger partial charge in [0.15, 0.2) is 10.3 Å². The molecule has 3 rings (SSSR count). The first-order valence-corrected chi connectivity index (χ1v) is 10.2. The molecule has 0 saturated carbocycles. The minimum Gasteiger partial charge on any atom is -0.301 e. The first-order valence-electron chi connectivity index (χ1n) is 7.70. The molecule has 0 spiro atoms. The molecule has 0 unspecified atom stereocenters. The van der Waals surface area contributed by atoms with Gasteiger partial charge >= 0.3 is 0 Å². The molecule has 2 N–H and O–H groups in total. The molecule has 0 atom stereocenters. The zero-order valence-electron chi connectivity index (χ0n) is 14.8. The Morgan fingerprint density at radius 1 is 1.04 bits per heavy atom. The molecule has 12 heteroatoms. The van der Waals surface area contributed by atoms with Gasteiger partial charge in [0.25, 0.3) is 0 Å².